The van der Waals surface area contributed by atoms with Gasteiger partial charge in [0.2, 0.25) is 0 Å². The topological polar surface area (TPSA) is 41.3 Å². The molecule has 3 rings (SSSR count). The molecule has 2 aliphatic rings. The predicted octanol–water partition coefficient (Wildman–Crippen LogP) is 1.84. The minimum absolute atomic E-state index is 0.218. The van der Waals surface area contributed by atoms with Gasteiger partial charge in [-0.2, -0.15) is 0 Å². The zero-order valence-electron chi connectivity index (χ0n) is 12.2. The summed E-state index contributed by atoms with van der Waals surface area (Å²) < 4.78 is 2.17. The molecular formula is C15H25N3O. The van der Waals surface area contributed by atoms with E-state index >= 15 is 0 Å². The minimum Gasteiger partial charge on any atom is -0.391 e. The first-order chi connectivity index (χ1) is 9.06. The van der Waals surface area contributed by atoms with Crippen molar-refractivity contribution in [2.24, 2.45) is 11.8 Å². The van der Waals surface area contributed by atoms with Gasteiger partial charge in [0.15, 0.2) is 0 Å². The van der Waals surface area contributed by atoms with Crippen LogP contribution in [0.4, 0.5) is 0 Å². The quantitative estimate of drug-likeness (QED) is 0.885. The van der Waals surface area contributed by atoms with Gasteiger partial charge in [-0.15, -0.1) is 0 Å². The molecule has 0 spiro atoms. The van der Waals surface area contributed by atoms with Crippen molar-refractivity contribution < 1.29 is 5.11 Å². The first kappa shape index (κ1) is 13.1. The van der Waals surface area contributed by atoms with Gasteiger partial charge in [0, 0.05) is 31.5 Å². The lowest BCUT2D eigenvalue weighted by molar-refractivity contribution is 0.0349. The van der Waals surface area contributed by atoms with Gasteiger partial charge in [-0.25, -0.2) is 4.98 Å². The number of rotatable bonds is 2. The summed E-state index contributed by atoms with van der Waals surface area (Å²) in [5, 5.41) is 10.5. The number of aliphatic hydroxyl groups is 1. The van der Waals surface area contributed by atoms with Gasteiger partial charge in [-0.05, 0) is 45.4 Å². The Kier molecular flexibility index (Phi) is 3.39. The van der Waals surface area contributed by atoms with Gasteiger partial charge < -0.3 is 14.6 Å². The first-order valence-corrected chi connectivity index (χ1v) is 7.47. The third-order valence-electron chi connectivity index (χ3n) is 5.09. The molecule has 1 aromatic heterocycles. The summed E-state index contributed by atoms with van der Waals surface area (Å²) in [4.78, 5) is 6.86. The van der Waals surface area contributed by atoms with E-state index in [9.17, 15) is 5.11 Å². The summed E-state index contributed by atoms with van der Waals surface area (Å²) in [6.07, 6.45) is 5.66. The van der Waals surface area contributed by atoms with E-state index in [1.54, 1.807) is 0 Å². The first-order valence-electron chi connectivity index (χ1n) is 7.47. The average molecular weight is 263 g/mol. The number of aryl methyl sites for hydroxylation is 1. The van der Waals surface area contributed by atoms with E-state index in [1.165, 1.54) is 6.54 Å². The van der Waals surface area contributed by atoms with Crippen molar-refractivity contribution in [3.8, 4) is 0 Å². The van der Waals surface area contributed by atoms with Gasteiger partial charge >= 0.3 is 0 Å². The molecule has 0 amide bonds. The second kappa shape index (κ2) is 4.91. The smallest absolute Gasteiger partial charge is 0.105 e. The summed E-state index contributed by atoms with van der Waals surface area (Å²) in [6.45, 7) is 8.92. The van der Waals surface area contributed by atoms with Crippen molar-refractivity contribution in [3.63, 3.8) is 0 Å². The zero-order chi connectivity index (χ0) is 13.6. The SMILES string of the molecule is Cc1nccn1[C@H]1C[C@H]2CN(C(C)C)C[C@H]2C[C@@H]1O. The second-order valence-corrected chi connectivity index (χ2v) is 6.56. The molecule has 4 heteroatoms. The lowest BCUT2D eigenvalue weighted by Crippen LogP contribution is -2.36. The van der Waals surface area contributed by atoms with Crippen LogP contribution in [0.25, 0.3) is 0 Å². The Balaban J connectivity index is 1.76. The summed E-state index contributed by atoms with van der Waals surface area (Å²) in [5.41, 5.74) is 0. The number of likely N-dealkylation sites (tertiary alicyclic amines) is 1. The number of aromatic nitrogens is 2. The normalized spacial score (nSPS) is 35.8. The molecule has 0 bridgehead atoms. The monoisotopic (exact) mass is 263 g/mol. The molecule has 4 nitrogen and oxygen atoms in total. The van der Waals surface area contributed by atoms with E-state index < -0.39 is 0 Å². The van der Waals surface area contributed by atoms with E-state index in [2.05, 4.69) is 28.3 Å². The number of nitrogens with zero attached hydrogens (tertiary/aromatic N) is 3. The molecular weight excluding hydrogens is 238 g/mol. The molecule has 106 valence electrons. The molecule has 4 atom stereocenters. The molecule has 1 aliphatic carbocycles. The Labute approximate surface area is 115 Å². The Hall–Kier alpha value is -0.870. The van der Waals surface area contributed by atoms with Crippen molar-refractivity contribution in [2.45, 2.75) is 51.8 Å². The Morgan fingerprint density at radius 3 is 2.53 bits per heavy atom. The second-order valence-electron chi connectivity index (χ2n) is 6.56. The molecule has 0 aromatic carbocycles. The fourth-order valence-electron chi connectivity index (χ4n) is 3.90. The number of imidazole rings is 1. The van der Waals surface area contributed by atoms with Crippen molar-refractivity contribution >= 4 is 0 Å². The minimum atomic E-state index is -0.221. The van der Waals surface area contributed by atoms with Gasteiger partial charge in [0.1, 0.15) is 5.82 Å². The molecule has 0 radical (unpaired) electrons. The van der Waals surface area contributed by atoms with E-state index in [-0.39, 0.29) is 12.1 Å². The molecule has 0 unspecified atom stereocenters. The highest BCUT2D eigenvalue weighted by Gasteiger charge is 2.42. The van der Waals surface area contributed by atoms with Crippen molar-refractivity contribution in [1.82, 2.24) is 14.5 Å². The third kappa shape index (κ3) is 2.32. The van der Waals surface area contributed by atoms with E-state index in [0.29, 0.717) is 12.0 Å². The third-order valence-corrected chi connectivity index (χ3v) is 5.09. The van der Waals surface area contributed by atoms with E-state index in [0.717, 1.165) is 31.1 Å². The number of hydrogen-bond acceptors (Lipinski definition) is 3. The molecule has 1 aromatic rings. The fourth-order valence-corrected chi connectivity index (χ4v) is 3.90. The Morgan fingerprint density at radius 2 is 1.95 bits per heavy atom. The lowest BCUT2D eigenvalue weighted by Gasteiger charge is -2.36. The largest absolute Gasteiger partial charge is 0.391 e. The summed E-state index contributed by atoms with van der Waals surface area (Å²) in [5.74, 6) is 2.43. The van der Waals surface area contributed by atoms with Crippen molar-refractivity contribution in [3.05, 3.63) is 18.2 Å². The summed E-state index contributed by atoms with van der Waals surface area (Å²) in [6, 6.07) is 0.840. The lowest BCUT2D eigenvalue weighted by atomic mass is 9.77. The summed E-state index contributed by atoms with van der Waals surface area (Å²) in [7, 11) is 0. The zero-order valence-corrected chi connectivity index (χ0v) is 12.2. The number of aliphatic hydroxyl groups excluding tert-OH is 1. The van der Waals surface area contributed by atoms with Gasteiger partial charge in [-0.1, -0.05) is 0 Å². The maximum absolute atomic E-state index is 10.5. The van der Waals surface area contributed by atoms with Crippen LogP contribution in [0.5, 0.6) is 0 Å². The van der Waals surface area contributed by atoms with E-state index in [1.807, 2.05) is 19.3 Å². The van der Waals surface area contributed by atoms with Crippen LogP contribution in [-0.2, 0) is 0 Å². The molecule has 1 saturated heterocycles. The van der Waals surface area contributed by atoms with Crippen LogP contribution in [0.2, 0.25) is 0 Å². The fraction of sp³-hybridized carbons (Fsp3) is 0.800. The van der Waals surface area contributed by atoms with Gasteiger partial charge in [0.25, 0.3) is 0 Å². The Morgan fingerprint density at radius 1 is 1.26 bits per heavy atom. The van der Waals surface area contributed by atoms with Crippen LogP contribution >= 0.6 is 0 Å². The van der Waals surface area contributed by atoms with Crippen molar-refractivity contribution in [1.29, 1.82) is 0 Å². The van der Waals surface area contributed by atoms with Crippen LogP contribution in [-0.4, -0.2) is 44.8 Å². The summed E-state index contributed by atoms with van der Waals surface area (Å²) >= 11 is 0. The maximum atomic E-state index is 10.5. The van der Waals surface area contributed by atoms with E-state index in [4.69, 9.17) is 0 Å². The highest BCUT2D eigenvalue weighted by molar-refractivity contribution is 5.00. The molecule has 2 fully saturated rings. The van der Waals surface area contributed by atoms with Gasteiger partial charge in [0.05, 0.1) is 12.1 Å². The molecule has 1 aliphatic heterocycles. The predicted molar refractivity (Wildman–Crippen MR) is 74.9 cm³/mol. The van der Waals surface area contributed by atoms with Crippen molar-refractivity contribution in [2.75, 3.05) is 13.1 Å². The Bertz CT molecular complexity index is 442. The van der Waals surface area contributed by atoms with Crippen LogP contribution < -0.4 is 0 Å². The van der Waals surface area contributed by atoms with Crippen LogP contribution in [0.1, 0.15) is 38.6 Å². The van der Waals surface area contributed by atoms with Crippen LogP contribution in [0, 0.1) is 18.8 Å². The van der Waals surface area contributed by atoms with Gasteiger partial charge in [-0.3, -0.25) is 0 Å². The van der Waals surface area contributed by atoms with Crippen LogP contribution in [0.3, 0.4) is 0 Å². The molecule has 19 heavy (non-hydrogen) atoms. The highest BCUT2D eigenvalue weighted by Crippen LogP contribution is 2.41. The number of hydrogen-bond donors (Lipinski definition) is 1. The highest BCUT2D eigenvalue weighted by atomic mass is 16.3. The molecule has 1 saturated carbocycles. The van der Waals surface area contributed by atoms with Crippen LogP contribution in [0.15, 0.2) is 12.4 Å². The standard InChI is InChI=1S/C15H25N3O/c1-10(2)17-8-12-6-14(15(19)7-13(12)9-17)18-5-4-16-11(18)3/h4-5,10,12-15,19H,6-9H2,1-3H3/t12-,13+,14-,15-/m0/s1. The molecule has 1 N–H and O–H groups in total. The molecule has 2 heterocycles. The average Bonchev–Trinajstić information content (AvgIpc) is 2.93. The maximum Gasteiger partial charge on any atom is 0.105 e. The number of fused-ring (bicyclic) bond motifs is 1.